The molecule has 4 aromatic carbocycles. The van der Waals surface area contributed by atoms with E-state index >= 15 is 0 Å². The topological polar surface area (TPSA) is 169 Å². The third-order valence-electron chi connectivity index (χ3n) is 9.29. The molecular weight excluding hydrogens is 787 g/mol. The molecule has 0 spiro atoms. The average Bonchev–Trinajstić information content (AvgIpc) is 3.97. The first-order valence-electron chi connectivity index (χ1n) is 18.6. The number of nitriles is 1. The van der Waals surface area contributed by atoms with Crippen LogP contribution in [0, 0.1) is 17.1 Å². The van der Waals surface area contributed by atoms with Crippen LogP contribution in [0.15, 0.2) is 116 Å². The van der Waals surface area contributed by atoms with Gasteiger partial charge in [0, 0.05) is 49.9 Å². The fourth-order valence-electron chi connectivity index (χ4n) is 6.28. The van der Waals surface area contributed by atoms with Crippen molar-refractivity contribution in [3.63, 3.8) is 0 Å². The lowest BCUT2D eigenvalue weighted by atomic mass is 10.1. The molecule has 0 saturated carbocycles. The number of ether oxygens (including phenoxy) is 3. The van der Waals surface area contributed by atoms with Gasteiger partial charge in [-0.1, -0.05) is 24.3 Å². The Labute approximate surface area is 340 Å². The van der Waals surface area contributed by atoms with Crippen LogP contribution in [-0.2, 0) is 9.47 Å². The molecule has 2 saturated heterocycles. The first kappa shape index (κ1) is 41.3. The Morgan fingerprint density at radius 3 is 1.75 bits per heavy atom. The Bertz CT molecular complexity index is 2440. The number of hydrogen-bond donors (Lipinski definition) is 4. The summed E-state index contributed by atoms with van der Waals surface area (Å²) >= 11 is 0. The molecule has 2 aliphatic rings. The SMILES string of the molecule is N#Cc1cc(F)ccc1-n1cc(C(=O)Nc2ccc([C@H]3CNCCO3)cc2)cn1.O=C(Nc1ccc([C@H]2CNCCO2)cc1)c1cnn(-c2ccc(OC(F)(F)F)cc2)c1. The molecule has 2 fully saturated rings. The third kappa shape index (κ3) is 10.8. The van der Waals surface area contributed by atoms with Gasteiger partial charge in [-0.05, 0) is 77.9 Å². The van der Waals surface area contributed by atoms with Crippen LogP contribution >= 0.6 is 0 Å². The molecule has 4 N–H and O–H groups in total. The summed E-state index contributed by atoms with van der Waals surface area (Å²) in [7, 11) is 0. The predicted molar refractivity (Wildman–Crippen MR) is 210 cm³/mol. The number of rotatable bonds is 9. The maximum Gasteiger partial charge on any atom is 0.573 e. The van der Waals surface area contributed by atoms with Crippen LogP contribution in [0.1, 0.15) is 49.6 Å². The zero-order valence-electron chi connectivity index (χ0n) is 31.7. The van der Waals surface area contributed by atoms with Gasteiger partial charge in [0.1, 0.15) is 17.6 Å². The predicted octanol–water partition coefficient (Wildman–Crippen LogP) is 6.48. The molecule has 14 nitrogen and oxygen atoms in total. The lowest BCUT2D eigenvalue weighted by molar-refractivity contribution is -0.274. The summed E-state index contributed by atoms with van der Waals surface area (Å²) < 4.78 is 68.1. The highest BCUT2D eigenvalue weighted by atomic mass is 19.4. The monoisotopic (exact) mass is 823 g/mol. The summed E-state index contributed by atoms with van der Waals surface area (Å²) in [5, 5.41) is 29.6. The number of morpholine rings is 2. The van der Waals surface area contributed by atoms with Crippen LogP contribution in [0.5, 0.6) is 5.75 Å². The lowest BCUT2D eigenvalue weighted by Crippen LogP contribution is -2.33. The third-order valence-corrected chi connectivity index (χ3v) is 9.29. The van der Waals surface area contributed by atoms with E-state index in [4.69, 9.17) is 9.47 Å². The van der Waals surface area contributed by atoms with Gasteiger partial charge >= 0.3 is 6.36 Å². The maximum atomic E-state index is 13.3. The molecule has 308 valence electrons. The molecular formula is C42H37F4N9O5. The van der Waals surface area contributed by atoms with Crippen molar-refractivity contribution in [1.82, 2.24) is 30.2 Å². The molecule has 2 amide bonds. The smallest absolute Gasteiger partial charge is 0.406 e. The summed E-state index contributed by atoms with van der Waals surface area (Å²) in [6.45, 7) is 4.53. The minimum atomic E-state index is -4.75. The van der Waals surface area contributed by atoms with Crippen molar-refractivity contribution in [1.29, 1.82) is 5.26 Å². The van der Waals surface area contributed by atoms with E-state index in [1.54, 1.807) is 12.1 Å². The Hall–Kier alpha value is -6.91. The molecule has 2 atom stereocenters. The van der Waals surface area contributed by atoms with E-state index in [-0.39, 0.29) is 35.3 Å². The highest BCUT2D eigenvalue weighted by molar-refractivity contribution is 6.04. The van der Waals surface area contributed by atoms with Gasteiger partial charge in [-0.15, -0.1) is 13.2 Å². The van der Waals surface area contributed by atoms with Gasteiger partial charge in [0.2, 0.25) is 0 Å². The van der Waals surface area contributed by atoms with Gasteiger partial charge in [0.15, 0.2) is 0 Å². The molecule has 8 rings (SSSR count). The molecule has 2 aromatic heterocycles. The van der Waals surface area contributed by atoms with Crippen molar-refractivity contribution >= 4 is 23.2 Å². The Morgan fingerprint density at radius 2 is 1.27 bits per heavy atom. The maximum absolute atomic E-state index is 13.3. The summed E-state index contributed by atoms with van der Waals surface area (Å²) in [4.78, 5) is 25.0. The van der Waals surface area contributed by atoms with E-state index in [1.165, 1.54) is 70.5 Å². The minimum absolute atomic E-state index is 0.00958. The summed E-state index contributed by atoms with van der Waals surface area (Å²) in [6.07, 6.45) is 1.02. The molecule has 2 aliphatic heterocycles. The van der Waals surface area contributed by atoms with Crippen molar-refractivity contribution in [3.8, 4) is 23.2 Å². The average molecular weight is 824 g/mol. The minimum Gasteiger partial charge on any atom is -0.406 e. The number of carbonyl (C=O) groups is 2. The van der Waals surface area contributed by atoms with Gasteiger partial charge in [0.05, 0.1) is 65.9 Å². The van der Waals surface area contributed by atoms with Crippen LogP contribution in [0.2, 0.25) is 0 Å². The van der Waals surface area contributed by atoms with E-state index in [0.29, 0.717) is 47.1 Å². The first-order valence-corrected chi connectivity index (χ1v) is 18.6. The summed E-state index contributed by atoms with van der Waals surface area (Å²) in [5.74, 6) is -1.53. The molecule has 4 heterocycles. The number of halogens is 4. The van der Waals surface area contributed by atoms with Crippen LogP contribution in [0.3, 0.4) is 0 Å². The van der Waals surface area contributed by atoms with Gasteiger partial charge in [-0.2, -0.15) is 15.5 Å². The van der Waals surface area contributed by atoms with Crippen LogP contribution < -0.4 is 26.0 Å². The number of amides is 2. The number of nitrogens with one attached hydrogen (secondary N) is 4. The number of alkyl halides is 3. The quantitative estimate of drug-likeness (QED) is 0.119. The summed E-state index contributed by atoms with van der Waals surface area (Å²) in [6, 6.07) is 25.8. The van der Waals surface area contributed by atoms with Gasteiger partial charge in [-0.3, -0.25) is 9.59 Å². The molecule has 0 unspecified atom stereocenters. The molecule has 0 radical (unpaired) electrons. The summed E-state index contributed by atoms with van der Waals surface area (Å²) in [5.41, 5.74) is 4.99. The number of anilines is 2. The second kappa shape index (κ2) is 18.8. The zero-order valence-corrected chi connectivity index (χ0v) is 31.7. The van der Waals surface area contributed by atoms with Crippen molar-refractivity contribution in [2.45, 2.75) is 18.6 Å². The number of carbonyl (C=O) groups excluding carboxylic acids is 2. The second-order valence-corrected chi connectivity index (χ2v) is 13.4. The van der Waals surface area contributed by atoms with Crippen LogP contribution in [-0.4, -0.2) is 77.1 Å². The number of aromatic nitrogens is 4. The number of nitrogens with zero attached hydrogens (tertiary/aromatic N) is 5. The van der Waals surface area contributed by atoms with E-state index in [2.05, 4.69) is 36.2 Å². The first-order chi connectivity index (χ1) is 29.0. The highest BCUT2D eigenvalue weighted by Crippen LogP contribution is 2.25. The normalized spacial score (nSPS) is 16.4. The van der Waals surface area contributed by atoms with Gasteiger partial charge in [-0.25, -0.2) is 13.8 Å². The van der Waals surface area contributed by atoms with Crippen LogP contribution in [0.25, 0.3) is 11.4 Å². The Morgan fingerprint density at radius 1 is 0.750 bits per heavy atom. The zero-order chi connectivity index (χ0) is 42.1. The van der Waals surface area contributed by atoms with Crippen molar-refractivity contribution < 1.29 is 41.4 Å². The van der Waals surface area contributed by atoms with E-state index in [0.717, 1.165) is 43.4 Å². The van der Waals surface area contributed by atoms with E-state index in [9.17, 15) is 32.4 Å². The fraction of sp³-hybridized carbons (Fsp3) is 0.214. The van der Waals surface area contributed by atoms with Gasteiger partial charge < -0.3 is 35.5 Å². The van der Waals surface area contributed by atoms with Crippen molar-refractivity contribution in [2.75, 3.05) is 50.0 Å². The molecule has 6 aromatic rings. The Kier molecular flexibility index (Phi) is 12.9. The molecule has 18 heteroatoms. The largest absolute Gasteiger partial charge is 0.573 e. The standard InChI is InChI=1S/C21H19F3N4O3.C21H18FN5O2/c22-21(23,24)31-18-7-5-17(6-8-18)28-13-15(11-26-28)20(29)27-16-3-1-14(2-4-16)19-12-25-9-10-30-19;22-17-3-6-19(15(9-17)10-23)27-13-16(11-25-27)21(28)26-18-4-1-14(2-5-18)20-12-24-7-8-29-20/h1-8,11,13,19,25H,9-10,12H2,(H,27,29);1-6,9,11,13,20,24H,7-8,12H2,(H,26,28)/t19-;20-/m11/s1. The van der Waals surface area contributed by atoms with Crippen molar-refractivity contribution in [3.05, 3.63) is 149 Å². The van der Waals surface area contributed by atoms with E-state index < -0.39 is 12.2 Å². The lowest BCUT2D eigenvalue weighted by Gasteiger charge is -2.24. The Balaban J connectivity index is 0.000000182. The number of hydrogen-bond acceptors (Lipinski definition) is 10. The second-order valence-electron chi connectivity index (χ2n) is 13.4. The highest BCUT2D eigenvalue weighted by Gasteiger charge is 2.31. The molecule has 0 aliphatic carbocycles. The van der Waals surface area contributed by atoms with Gasteiger partial charge in [0.25, 0.3) is 11.8 Å². The molecule has 60 heavy (non-hydrogen) atoms. The van der Waals surface area contributed by atoms with Crippen LogP contribution in [0.4, 0.5) is 28.9 Å². The number of benzene rings is 4. The molecule has 0 bridgehead atoms. The van der Waals surface area contributed by atoms with E-state index in [1.807, 2.05) is 42.5 Å². The fourth-order valence-corrected chi connectivity index (χ4v) is 6.28. The van der Waals surface area contributed by atoms with Crippen molar-refractivity contribution in [2.24, 2.45) is 0 Å².